The number of fused-ring (bicyclic) bond motifs is 1. The minimum absolute atomic E-state index is 0.0723. The third-order valence-electron chi connectivity index (χ3n) is 3.05. The number of aromatic amines is 1. The highest BCUT2D eigenvalue weighted by molar-refractivity contribution is 5.86. The van der Waals surface area contributed by atoms with Gasteiger partial charge in [0.1, 0.15) is 0 Å². The first kappa shape index (κ1) is 11.5. The van der Waals surface area contributed by atoms with Crippen molar-refractivity contribution in [2.24, 2.45) is 0 Å². The van der Waals surface area contributed by atoms with Crippen molar-refractivity contribution < 1.29 is 4.74 Å². The van der Waals surface area contributed by atoms with Gasteiger partial charge in [0.25, 0.3) is 5.56 Å². The molecule has 0 fully saturated rings. The summed E-state index contributed by atoms with van der Waals surface area (Å²) in [4.78, 5) is 18.5. The fourth-order valence-corrected chi connectivity index (χ4v) is 2.04. The number of nitrogens with one attached hydrogen (secondary N) is 1. The van der Waals surface area contributed by atoms with E-state index in [0.29, 0.717) is 11.3 Å². The third kappa shape index (κ3) is 2.08. The van der Waals surface area contributed by atoms with Crippen LogP contribution in [0.25, 0.3) is 21.9 Å². The maximum atomic E-state index is 11.6. The SMILES string of the molecule is COc1ccc(-c2ccc3c(=O)[nH]ccc3c2)cn1. The van der Waals surface area contributed by atoms with Crippen LogP contribution in [0.5, 0.6) is 5.88 Å². The maximum Gasteiger partial charge on any atom is 0.255 e. The molecule has 19 heavy (non-hydrogen) atoms. The zero-order valence-corrected chi connectivity index (χ0v) is 10.4. The quantitative estimate of drug-likeness (QED) is 0.762. The van der Waals surface area contributed by atoms with E-state index in [1.165, 1.54) is 0 Å². The van der Waals surface area contributed by atoms with Gasteiger partial charge in [-0.05, 0) is 35.2 Å². The summed E-state index contributed by atoms with van der Waals surface area (Å²) >= 11 is 0. The van der Waals surface area contributed by atoms with Gasteiger partial charge in [-0.2, -0.15) is 0 Å². The molecular weight excluding hydrogens is 240 g/mol. The highest BCUT2D eigenvalue weighted by atomic mass is 16.5. The van der Waals surface area contributed by atoms with Crippen LogP contribution in [0.1, 0.15) is 0 Å². The Kier molecular flexibility index (Phi) is 2.76. The number of hydrogen-bond acceptors (Lipinski definition) is 3. The highest BCUT2D eigenvalue weighted by Gasteiger charge is 2.02. The summed E-state index contributed by atoms with van der Waals surface area (Å²) in [7, 11) is 1.59. The first-order valence-corrected chi connectivity index (χ1v) is 5.90. The van der Waals surface area contributed by atoms with E-state index in [2.05, 4.69) is 9.97 Å². The normalized spacial score (nSPS) is 10.6. The molecule has 0 amide bonds. The van der Waals surface area contributed by atoms with Crippen LogP contribution < -0.4 is 10.3 Å². The second kappa shape index (κ2) is 4.57. The Morgan fingerprint density at radius 1 is 1.11 bits per heavy atom. The Hall–Kier alpha value is -2.62. The Labute approximate surface area is 109 Å². The number of pyridine rings is 2. The summed E-state index contributed by atoms with van der Waals surface area (Å²) in [5.41, 5.74) is 1.94. The number of methoxy groups -OCH3 is 1. The molecule has 1 N–H and O–H groups in total. The van der Waals surface area contributed by atoms with E-state index < -0.39 is 0 Å². The molecule has 0 unspecified atom stereocenters. The minimum atomic E-state index is -0.0723. The Morgan fingerprint density at radius 3 is 2.68 bits per heavy atom. The van der Waals surface area contributed by atoms with Crippen molar-refractivity contribution in [1.82, 2.24) is 9.97 Å². The highest BCUT2D eigenvalue weighted by Crippen LogP contribution is 2.23. The summed E-state index contributed by atoms with van der Waals surface area (Å²) < 4.78 is 5.03. The van der Waals surface area contributed by atoms with Crippen molar-refractivity contribution in [3.05, 3.63) is 59.1 Å². The van der Waals surface area contributed by atoms with E-state index >= 15 is 0 Å². The molecule has 0 saturated carbocycles. The Balaban J connectivity index is 2.12. The molecule has 3 rings (SSSR count). The van der Waals surface area contributed by atoms with E-state index in [1.54, 1.807) is 19.5 Å². The van der Waals surface area contributed by atoms with Gasteiger partial charge in [-0.25, -0.2) is 4.98 Å². The van der Waals surface area contributed by atoms with Crippen LogP contribution in [0, 0.1) is 0 Å². The van der Waals surface area contributed by atoms with Gasteiger partial charge < -0.3 is 9.72 Å². The van der Waals surface area contributed by atoms with Crippen LogP contribution in [0.4, 0.5) is 0 Å². The average molecular weight is 252 g/mol. The van der Waals surface area contributed by atoms with E-state index in [4.69, 9.17) is 4.74 Å². The zero-order valence-electron chi connectivity index (χ0n) is 10.4. The van der Waals surface area contributed by atoms with Gasteiger partial charge in [-0.15, -0.1) is 0 Å². The maximum absolute atomic E-state index is 11.6. The second-order valence-corrected chi connectivity index (χ2v) is 4.20. The van der Waals surface area contributed by atoms with Crippen LogP contribution in [0.3, 0.4) is 0 Å². The number of ether oxygens (including phenoxy) is 1. The molecule has 0 aliphatic carbocycles. The van der Waals surface area contributed by atoms with Crippen molar-refractivity contribution in [2.45, 2.75) is 0 Å². The van der Waals surface area contributed by atoms with Gasteiger partial charge in [0.05, 0.1) is 7.11 Å². The van der Waals surface area contributed by atoms with E-state index in [9.17, 15) is 4.79 Å². The van der Waals surface area contributed by atoms with Crippen LogP contribution in [-0.2, 0) is 0 Å². The molecule has 4 nitrogen and oxygen atoms in total. The molecule has 2 heterocycles. The predicted octanol–water partition coefficient (Wildman–Crippen LogP) is 2.60. The molecule has 3 aromatic rings. The van der Waals surface area contributed by atoms with Crippen molar-refractivity contribution in [3.8, 4) is 17.0 Å². The largest absolute Gasteiger partial charge is 0.481 e. The van der Waals surface area contributed by atoms with Gasteiger partial charge in [0.2, 0.25) is 5.88 Å². The third-order valence-corrected chi connectivity index (χ3v) is 3.05. The summed E-state index contributed by atoms with van der Waals surface area (Å²) in [5, 5.41) is 1.60. The topological polar surface area (TPSA) is 55.0 Å². The summed E-state index contributed by atoms with van der Waals surface area (Å²) in [6.45, 7) is 0. The first-order valence-electron chi connectivity index (χ1n) is 5.90. The Morgan fingerprint density at radius 2 is 1.95 bits per heavy atom. The van der Waals surface area contributed by atoms with Gasteiger partial charge in [-0.1, -0.05) is 6.07 Å². The lowest BCUT2D eigenvalue weighted by atomic mass is 10.0. The molecule has 1 aromatic carbocycles. The number of rotatable bonds is 2. The number of nitrogens with zero attached hydrogens (tertiary/aromatic N) is 1. The molecule has 0 atom stereocenters. The molecular formula is C15H12N2O2. The lowest BCUT2D eigenvalue weighted by Gasteiger charge is -2.04. The molecule has 0 radical (unpaired) electrons. The van der Waals surface area contributed by atoms with Crippen molar-refractivity contribution in [1.29, 1.82) is 0 Å². The molecule has 0 bridgehead atoms. The molecule has 2 aromatic heterocycles. The molecule has 94 valence electrons. The van der Waals surface area contributed by atoms with E-state index in [1.807, 2.05) is 36.4 Å². The summed E-state index contributed by atoms with van der Waals surface area (Å²) in [6.07, 6.45) is 3.41. The van der Waals surface area contributed by atoms with Crippen molar-refractivity contribution in [3.63, 3.8) is 0 Å². The number of benzene rings is 1. The number of H-pyrrole nitrogens is 1. The van der Waals surface area contributed by atoms with Crippen LogP contribution in [-0.4, -0.2) is 17.1 Å². The van der Waals surface area contributed by atoms with Gasteiger partial charge in [-0.3, -0.25) is 4.79 Å². The van der Waals surface area contributed by atoms with Crippen LogP contribution >= 0.6 is 0 Å². The van der Waals surface area contributed by atoms with Crippen LogP contribution in [0.2, 0.25) is 0 Å². The zero-order chi connectivity index (χ0) is 13.2. The van der Waals surface area contributed by atoms with Gasteiger partial charge >= 0.3 is 0 Å². The van der Waals surface area contributed by atoms with Crippen molar-refractivity contribution >= 4 is 10.8 Å². The van der Waals surface area contributed by atoms with Crippen LogP contribution in [0.15, 0.2) is 53.6 Å². The predicted molar refractivity (Wildman–Crippen MR) is 74.4 cm³/mol. The van der Waals surface area contributed by atoms with E-state index in [-0.39, 0.29) is 5.56 Å². The smallest absolute Gasteiger partial charge is 0.255 e. The second-order valence-electron chi connectivity index (χ2n) is 4.20. The summed E-state index contributed by atoms with van der Waals surface area (Å²) in [5.74, 6) is 0.584. The molecule has 0 aliphatic rings. The molecule has 4 heteroatoms. The first-order chi connectivity index (χ1) is 9.28. The van der Waals surface area contributed by atoms with Gasteiger partial charge in [0, 0.05) is 29.4 Å². The molecule has 0 saturated heterocycles. The number of hydrogen-bond donors (Lipinski definition) is 1. The van der Waals surface area contributed by atoms with E-state index in [0.717, 1.165) is 16.5 Å². The van der Waals surface area contributed by atoms with Gasteiger partial charge in [0.15, 0.2) is 0 Å². The minimum Gasteiger partial charge on any atom is -0.481 e. The monoisotopic (exact) mass is 252 g/mol. The lowest BCUT2D eigenvalue weighted by Crippen LogP contribution is -2.03. The lowest BCUT2D eigenvalue weighted by molar-refractivity contribution is 0.398. The fourth-order valence-electron chi connectivity index (χ4n) is 2.04. The molecule has 0 aliphatic heterocycles. The van der Waals surface area contributed by atoms with Crippen molar-refractivity contribution in [2.75, 3.05) is 7.11 Å². The standard InChI is InChI=1S/C15H12N2O2/c1-19-14-5-3-12(9-17-14)10-2-4-13-11(8-10)6-7-16-15(13)18/h2-9H,1H3,(H,16,18). The molecule has 0 spiro atoms. The number of aromatic nitrogens is 2. The average Bonchev–Trinajstić information content (AvgIpc) is 2.47. The Bertz CT molecular complexity index is 776. The fraction of sp³-hybridized carbons (Fsp3) is 0.0667. The summed E-state index contributed by atoms with van der Waals surface area (Å²) in [6, 6.07) is 11.4.